The molecular weight excluding hydrogens is 502 g/mol. The Morgan fingerprint density at radius 2 is 1.36 bits per heavy atom. The van der Waals surface area contributed by atoms with Crippen LogP contribution in [0, 0.1) is 5.92 Å². The van der Waals surface area contributed by atoms with E-state index in [1.807, 2.05) is 42.5 Å². The minimum Gasteiger partial charge on any atom is -0.466 e. The SMILES string of the molecule is COC(=O)C1=C(C)NC(C)=C(C(=O)OC)C1C(=O)OCC(=O)Nc1ccc(N(c2ccccc2)C(C)C)cc1. The fraction of sp³-hybridized carbons (Fsp3) is 0.310. The molecule has 0 saturated carbocycles. The van der Waals surface area contributed by atoms with Crippen molar-refractivity contribution in [2.75, 3.05) is 31.0 Å². The zero-order chi connectivity index (χ0) is 28.7. The summed E-state index contributed by atoms with van der Waals surface area (Å²) in [4.78, 5) is 52.8. The number of carbonyl (C=O) groups is 4. The fourth-order valence-corrected chi connectivity index (χ4v) is 4.45. The number of nitrogens with zero attached hydrogens (tertiary/aromatic N) is 1. The Kier molecular flexibility index (Phi) is 9.48. The second-order valence-electron chi connectivity index (χ2n) is 9.12. The molecular formula is C29H33N3O7. The summed E-state index contributed by atoms with van der Waals surface area (Å²) in [6.45, 7) is 6.68. The summed E-state index contributed by atoms with van der Waals surface area (Å²) in [5.41, 5.74) is 2.95. The molecule has 0 spiro atoms. The summed E-state index contributed by atoms with van der Waals surface area (Å²) in [6.07, 6.45) is 0. The van der Waals surface area contributed by atoms with Crippen molar-refractivity contribution in [1.29, 1.82) is 0 Å². The van der Waals surface area contributed by atoms with E-state index >= 15 is 0 Å². The topological polar surface area (TPSA) is 123 Å². The molecule has 1 aliphatic rings. The van der Waals surface area contributed by atoms with Crippen molar-refractivity contribution in [3.63, 3.8) is 0 Å². The van der Waals surface area contributed by atoms with Crippen molar-refractivity contribution in [2.24, 2.45) is 5.92 Å². The fourth-order valence-electron chi connectivity index (χ4n) is 4.45. The molecule has 10 nitrogen and oxygen atoms in total. The number of dihydropyridines is 1. The lowest BCUT2D eigenvalue weighted by Crippen LogP contribution is -2.38. The summed E-state index contributed by atoms with van der Waals surface area (Å²) in [5, 5.41) is 5.58. The quantitative estimate of drug-likeness (QED) is 0.364. The van der Waals surface area contributed by atoms with Gasteiger partial charge < -0.3 is 29.7 Å². The van der Waals surface area contributed by atoms with Crippen molar-refractivity contribution in [3.05, 3.63) is 77.1 Å². The van der Waals surface area contributed by atoms with Gasteiger partial charge in [0.25, 0.3) is 5.91 Å². The highest BCUT2D eigenvalue weighted by atomic mass is 16.5. The molecule has 2 aromatic carbocycles. The largest absolute Gasteiger partial charge is 0.466 e. The molecule has 206 valence electrons. The Balaban J connectivity index is 1.71. The number of allylic oxidation sites excluding steroid dienone is 2. The Morgan fingerprint density at radius 3 is 1.85 bits per heavy atom. The molecule has 0 aromatic heterocycles. The first-order valence-corrected chi connectivity index (χ1v) is 12.3. The Labute approximate surface area is 227 Å². The van der Waals surface area contributed by atoms with Crippen molar-refractivity contribution in [1.82, 2.24) is 5.32 Å². The van der Waals surface area contributed by atoms with E-state index in [1.165, 1.54) is 0 Å². The van der Waals surface area contributed by atoms with Crippen LogP contribution in [0.15, 0.2) is 77.1 Å². The monoisotopic (exact) mass is 535 g/mol. The van der Waals surface area contributed by atoms with E-state index in [9.17, 15) is 19.2 Å². The van der Waals surface area contributed by atoms with E-state index < -0.39 is 36.3 Å². The van der Waals surface area contributed by atoms with E-state index in [1.54, 1.807) is 26.0 Å². The molecule has 0 unspecified atom stereocenters. The molecule has 2 aromatic rings. The van der Waals surface area contributed by atoms with Crippen molar-refractivity contribution in [3.8, 4) is 0 Å². The standard InChI is InChI=1S/C29H33N3O7/c1-17(2)32(21-10-8-7-9-11-21)22-14-12-20(13-15-22)31-23(33)16-39-29(36)26-24(27(34)37-5)18(3)30-19(4)25(26)28(35)38-6/h7-15,17,26,30H,16H2,1-6H3,(H,31,33). The van der Waals surface area contributed by atoms with Gasteiger partial charge >= 0.3 is 17.9 Å². The number of amides is 1. The number of anilines is 3. The number of esters is 3. The van der Waals surface area contributed by atoms with Crippen LogP contribution in [0.1, 0.15) is 27.7 Å². The maximum absolute atomic E-state index is 13.1. The van der Waals surface area contributed by atoms with Gasteiger partial charge in [-0.2, -0.15) is 0 Å². The van der Waals surface area contributed by atoms with Crippen LogP contribution < -0.4 is 15.5 Å². The zero-order valence-corrected chi connectivity index (χ0v) is 22.9. The number of rotatable bonds is 9. The molecule has 10 heteroatoms. The number of hydrogen-bond donors (Lipinski definition) is 2. The summed E-state index contributed by atoms with van der Waals surface area (Å²) < 4.78 is 14.9. The van der Waals surface area contributed by atoms with Crippen molar-refractivity contribution >= 4 is 40.9 Å². The number of methoxy groups -OCH3 is 2. The lowest BCUT2D eigenvalue weighted by molar-refractivity contribution is -0.152. The van der Waals surface area contributed by atoms with E-state index in [0.29, 0.717) is 17.1 Å². The molecule has 0 radical (unpaired) electrons. The van der Waals surface area contributed by atoms with Crippen LogP contribution in [-0.4, -0.2) is 50.7 Å². The molecule has 1 amide bonds. The van der Waals surface area contributed by atoms with Gasteiger partial charge in [-0.05, 0) is 64.1 Å². The van der Waals surface area contributed by atoms with E-state index in [-0.39, 0.29) is 17.2 Å². The molecule has 0 aliphatic carbocycles. The Bertz CT molecular complexity index is 1260. The first-order valence-electron chi connectivity index (χ1n) is 12.3. The van der Waals surface area contributed by atoms with Crippen LogP contribution in [0.2, 0.25) is 0 Å². The first kappa shape index (κ1) is 29.0. The van der Waals surface area contributed by atoms with E-state index in [2.05, 4.69) is 29.4 Å². The van der Waals surface area contributed by atoms with E-state index in [0.717, 1.165) is 25.6 Å². The molecule has 0 saturated heterocycles. The third kappa shape index (κ3) is 6.64. The van der Waals surface area contributed by atoms with Gasteiger partial charge in [0.2, 0.25) is 0 Å². The van der Waals surface area contributed by atoms with Crippen molar-refractivity contribution < 1.29 is 33.4 Å². The number of ether oxygens (including phenoxy) is 3. The van der Waals surface area contributed by atoms with Crippen LogP contribution in [0.5, 0.6) is 0 Å². The number of benzene rings is 2. The van der Waals surface area contributed by atoms with Gasteiger partial charge in [-0.1, -0.05) is 18.2 Å². The Hall–Kier alpha value is -4.60. The number of hydrogen-bond acceptors (Lipinski definition) is 9. The highest BCUT2D eigenvalue weighted by molar-refractivity contribution is 6.06. The molecule has 39 heavy (non-hydrogen) atoms. The van der Waals surface area contributed by atoms with Crippen LogP contribution in [0.25, 0.3) is 0 Å². The van der Waals surface area contributed by atoms with Crippen LogP contribution >= 0.6 is 0 Å². The highest BCUT2D eigenvalue weighted by Gasteiger charge is 2.42. The van der Waals surface area contributed by atoms with Crippen LogP contribution in [-0.2, 0) is 33.4 Å². The van der Waals surface area contributed by atoms with E-state index in [4.69, 9.17) is 14.2 Å². The molecule has 1 aliphatic heterocycles. The molecule has 0 fully saturated rings. The van der Waals surface area contributed by atoms with Crippen LogP contribution in [0.3, 0.4) is 0 Å². The maximum atomic E-state index is 13.1. The lowest BCUT2D eigenvalue weighted by atomic mass is 9.85. The molecule has 2 N–H and O–H groups in total. The summed E-state index contributed by atoms with van der Waals surface area (Å²) in [5.74, 6) is -4.60. The zero-order valence-electron chi connectivity index (χ0n) is 22.9. The number of carbonyl (C=O) groups excluding carboxylic acids is 4. The second kappa shape index (κ2) is 12.8. The summed E-state index contributed by atoms with van der Waals surface area (Å²) >= 11 is 0. The normalized spacial score (nSPS) is 13.5. The van der Waals surface area contributed by atoms with Crippen molar-refractivity contribution in [2.45, 2.75) is 33.7 Å². The van der Waals surface area contributed by atoms with Gasteiger partial charge in [-0.25, -0.2) is 9.59 Å². The number of nitrogens with one attached hydrogen (secondary N) is 2. The average molecular weight is 536 g/mol. The second-order valence-corrected chi connectivity index (χ2v) is 9.12. The molecule has 3 rings (SSSR count). The van der Waals surface area contributed by atoms with Crippen LogP contribution in [0.4, 0.5) is 17.1 Å². The van der Waals surface area contributed by atoms with Gasteiger partial charge in [0, 0.05) is 34.5 Å². The minimum atomic E-state index is -1.42. The van der Waals surface area contributed by atoms with Gasteiger partial charge in [0.05, 0.1) is 25.4 Å². The number of para-hydroxylation sites is 1. The highest BCUT2D eigenvalue weighted by Crippen LogP contribution is 2.32. The third-order valence-corrected chi connectivity index (χ3v) is 6.13. The maximum Gasteiger partial charge on any atom is 0.336 e. The smallest absolute Gasteiger partial charge is 0.336 e. The molecule has 0 bridgehead atoms. The van der Waals surface area contributed by atoms with Gasteiger partial charge in [-0.15, -0.1) is 0 Å². The van der Waals surface area contributed by atoms with Gasteiger partial charge in [0.1, 0.15) is 5.92 Å². The lowest BCUT2D eigenvalue weighted by Gasteiger charge is -2.29. The molecule has 1 heterocycles. The first-order chi connectivity index (χ1) is 18.6. The summed E-state index contributed by atoms with van der Waals surface area (Å²) in [6, 6.07) is 17.4. The predicted octanol–water partition coefficient (Wildman–Crippen LogP) is 3.83. The minimum absolute atomic E-state index is 0.0994. The Morgan fingerprint density at radius 1 is 0.846 bits per heavy atom. The average Bonchev–Trinajstić information content (AvgIpc) is 2.92. The predicted molar refractivity (Wildman–Crippen MR) is 146 cm³/mol. The van der Waals surface area contributed by atoms with Gasteiger partial charge in [0.15, 0.2) is 6.61 Å². The third-order valence-electron chi connectivity index (χ3n) is 6.13. The molecule has 0 atom stereocenters. The van der Waals surface area contributed by atoms with Gasteiger partial charge in [-0.3, -0.25) is 9.59 Å². The summed E-state index contributed by atoms with van der Waals surface area (Å²) in [7, 11) is 2.32.